The molecule has 0 aliphatic rings. The maximum Gasteiger partial charge on any atom is 0.312 e. The first-order chi connectivity index (χ1) is 7.86. The van der Waals surface area contributed by atoms with Gasteiger partial charge in [0.2, 0.25) is 0 Å². The summed E-state index contributed by atoms with van der Waals surface area (Å²) < 4.78 is 18.4. The van der Waals surface area contributed by atoms with Gasteiger partial charge in [-0.3, -0.25) is 0 Å². The van der Waals surface area contributed by atoms with Gasteiger partial charge in [-0.25, -0.2) is 9.18 Å². The Morgan fingerprint density at radius 2 is 2.18 bits per heavy atom. The van der Waals surface area contributed by atoms with Crippen LogP contribution in [0.15, 0.2) is 18.2 Å². The fraction of sp³-hybridized carbons (Fsp3) is 0.417. The molecule has 1 aromatic carbocycles. The van der Waals surface area contributed by atoms with Gasteiger partial charge in [-0.05, 0) is 17.7 Å². The second kappa shape index (κ2) is 5.03. The molecule has 1 aromatic rings. The van der Waals surface area contributed by atoms with Crippen molar-refractivity contribution in [1.82, 2.24) is 5.32 Å². The maximum absolute atomic E-state index is 13.5. The van der Waals surface area contributed by atoms with Crippen LogP contribution in [0.3, 0.4) is 0 Å². The van der Waals surface area contributed by atoms with E-state index in [0.29, 0.717) is 6.54 Å². The van der Waals surface area contributed by atoms with Crippen molar-refractivity contribution < 1.29 is 13.9 Å². The summed E-state index contributed by atoms with van der Waals surface area (Å²) in [6, 6.07) is 4.15. The van der Waals surface area contributed by atoms with Gasteiger partial charge >= 0.3 is 6.03 Å². The average molecular weight is 240 g/mol. The van der Waals surface area contributed by atoms with Crippen molar-refractivity contribution >= 4 is 6.03 Å². The second-order valence-electron chi connectivity index (χ2n) is 4.45. The van der Waals surface area contributed by atoms with Crippen LogP contribution in [-0.2, 0) is 5.41 Å². The lowest BCUT2D eigenvalue weighted by molar-refractivity contribution is 0.246. The first kappa shape index (κ1) is 13.3. The van der Waals surface area contributed by atoms with Crippen molar-refractivity contribution in [3.63, 3.8) is 0 Å². The lowest BCUT2D eigenvalue weighted by Crippen LogP contribution is -2.39. The van der Waals surface area contributed by atoms with E-state index in [4.69, 9.17) is 10.5 Å². The van der Waals surface area contributed by atoms with E-state index < -0.39 is 17.3 Å². The number of nitrogens with one attached hydrogen (secondary N) is 1. The van der Waals surface area contributed by atoms with Crippen LogP contribution in [0, 0.1) is 5.82 Å². The molecular formula is C12H17FN2O2. The van der Waals surface area contributed by atoms with Crippen LogP contribution in [0.5, 0.6) is 5.75 Å². The molecular weight excluding hydrogens is 223 g/mol. The highest BCUT2D eigenvalue weighted by atomic mass is 19.1. The lowest BCUT2D eigenvalue weighted by Gasteiger charge is -2.25. The van der Waals surface area contributed by atoms with Gasteiger partial charge in [0, 0.05) is 12.0 Å². The summed E-state index contributed by atoms with van der Waals surface area (Å²) in [7, 11) is 1.41. The quantitative estimate of drug-likeness (QED) is 0.842. The number of carbonyl (C=O) groups excluding carboxylic acids is 1. The number of halogens is 1. The van der Waals surface area contributed by atoms with E-state index in [1.165, 1.54) is 13.2 Å². The number of amides is 2. The monoisotopic (exact) mass is 240 g/mol. The summed E-state index contributed by atoms with van der Waals surface area (Å²) in [5.74, 6) is -0.218. The van der Waals surface area contributed by atoms with Gasteiger partial charge in [0.25, 0.3) is 0 Å². The smallest absolute Gasteiger partial charge is 0.312 e. The van der Waals surface area contributed by atoms with Crippen molar-refractivity contribution in [2.45, 2.75) is 19.3 Å². The standard InChI is InChI=1S/C12H17FN2O2/c1-12(2,7-15-11(14)16)8-4-5-10(17-3)9(13)6-8/h4-6H,7H2,1-3H3,(H3,14,15,16). The Kier molecular flexibility index (Phi) is 3.93. The zero-order valence-corrected chi connectivity index (χ0v) is 10.2. The minimum atomic E-state index is -0.591. The van der Waals surface area contributed by atoms with Crippen LogP contribution in [0.25, 0.3) is 0 Å². The number of benzene rings is 1. The van der Waals surface area contributed by atoms with Crippen molar-refractivity contribution in [3.8, 4) is 5.75 Å². The molecule has 0 aliphatic carbocycles. The molecule has 2 amide bonds. The lowest BCUT2D eigenvalue weighted by atomic mass is 9.84. The Hall–Kier alpha value is -1.78. The number of ether oxygens (including phenoxy) is 1. The number of urea groups is 1. The molecule has 0 aromatic heterocycles. The number of rotatable bonds is 4. The molecule has 0 saturated heterocycles. The number of hydrogen-bond donors (Lipinski definition) is 2. The van der Waals surface area contributed by atoms with Crippen molar-refractivity contribution in [1.29, 1.82) is 0 Å². The largest absolute Gasteiger partial charge is 0.494 e. The van der Waals surface area contributed by atoms with Crippen LogP contribution >= 0.6 is 0 Å². The first-order valence-corrected chi connectivity index (χ1v) is 5.24. The Morgan fingerprint density at radius 1 is 1.53 bits per heavy atom. The van der Waals surface area contributed by atoms with Crippen LogP contribution in [0.1, 0.15) is 19.4 Å². The molecule has 1 rings (SSSR count). The summed E-state index contributed by atoms with van der Waals surface area (Å²) in [5.41, 5.74) is 5.38. The van der Waals surface area contributed by atoms with Crippen LogP contribution in [0.4, 0.5) is 9.18 Å². The van der Waals surface area contributed by atoms with E-state index in [2.05, 4.69) is 5.32 Å². The SMILES string of the molecule is COc1ccc(C(C)(C)CNC(N)=O)cc1F. The van der Waals surface area contributed by atoms with Crippen molar-refractivity contribution in [2.75, 3.05) is 13.7 Å². The molecule has 4 nitrogen and oxygen atoms in total. The summed E-state index contributed by atoms with van der Waals surface area (Å²) in [4.78, 5) is 10.7. The van der Waals surface area contributed by atoms with Gasteiger partial charge in [-0.2, -0.15) is 0 Å². The van der Waals surface area contributed by atoms with E-state index in [-0.39, 0.29) is 5.75 Å². The Morgan fingerprint density at radius 3 is 2.65 bits per heavy atom. The minimum absolute atomic E-state index is 0.201. The fourth-order valence-electron chi connectivity index (χ4n) is 1.50. The summed E-state index contributed by atoms with van der Waals surface area (Å²) >= 11 is 0. The van der Waals surface area contributed by atoms with Gasteiger partial charge in [0.1, 0.15) is 0 Å². The molecule has 0 spiro atoms. The highest BCUT2D eigenvalue weighted by molar-refractivity contribution is 5.71. The fourth-order valence-corrected chi connectivity index (χ4v) is 1.50. The van der Waals surface area contributed by atoms with Crippen LogP contribution < -0.4 is 15.8 Å². The number of methoxy groups -OCH3 is 1. The molecule has 0 atom stereocenters. The van der Waals surface area contributed by atoms with Crippen molar-refractivity contribution in [2.24, 2.45) is 5.73 Å². The number of nitrogens with two attached hydrogens (primary N) is 1. The molecule has 3 N–H and O–H groups in total. The zero-order valence-electron chi connectivity index (χ0n) is 10.2. The van der Waals surface area contributed by atoms with E-state index >= 15 is 0 Å². The van der Waals surface area contributed by atoms with Crippen molar-refractivity contribution in [3.05, 3.63) is 29.6 Å². The highest BCUT2D eigenvalue weighted by Crippen LogP contribution is 2.26. The molecule has 0 heterocycles. The average Bonchev–Trinajstić information content (AvgIpc) is 2.26. The molecule has 94 valence electrons. The third-order valence-corrected chi connectivity index (χ3v) is 2.64. The first-order valence-electron chi connectivity index (χ1n) is 5.24. The number of primary amides is 1. The normalized spacial score (nSPS) is 11.1. The summed E-state index contributed by atoms with van der Waals surface area (Å²) in [5, 5.41) is 2.52. The third-order valence-electron chi connectivity index (χ3n) is 2.64. The molecule has 0 bridgehead atoms. The van der Waals surface area contributed by atoms with Gasteiger partial charge in [0.15, 0.2) is 11.6 Å². The van der Waals surface area contributed by atoms with E-state index in [1.807, 2.05) is 13.8 Å². The topological polar surface area (TPSA) is 64.3 Å². The number of carbonyl (C=O) groups is 1. The molecule has 17 heavy (non-hydrogen) atoms. The van der Waals surface area contributed by atoms with Gasteiger partial charge in [-0.1, -0.05) is 19.9 Å². The molecule has 0 aliphatic heterocycles. The predicted molar refractivity (Wildman–Crippen MR) is 63.6 cm³/mol. The molecule has 5 heteroatoms. The highest BCUT2D eigenvalue weighted by Gasteiger charge is 2.22. The summed E-state index contributed by atoms with van der Waals surface area (Å²) in [6.07, 6.45) is 0. The zero-order chi connectivity index (χ0) is 13.1. The second-order valence-corrected chi connectivity index (χ2v) is 4.45. The van der Waals surface area contributed by atoms with Gasteiger partial charge < -0.3 is 15.8 Å². The summed E-state index contributed by atoms with van der Waals surface area (Å²) in [6.45, 7) is 4.13. The minimum Gasteiger partial charge on any atom is -0.494 e. The molecule has 0 radical (unpaired) electrons. The van der Waals surface area contributed by atoms with E-state index in [9.17, 15) is 9.18 Å². The Labute approximate surface area is 100.0 Å². The third kappa shape index (κ3) is 3.34. The van der Waals surface area contributed by atoms with Gasteiger partial charge in [0.05, 0.1) is 7.11 Å². The van der Waals surface area contributed by atoms with E-state index in [1.54, 1.807) is 12.1 Å². The Bertz CT molecular complexity index is 419. The van der Waals surface area contributed by atoms with Crippen LogP contribution in [-0.4, -0.2) is 19.7 Å². The van der Waals surface area contributed by atoms with Gasteiger partial charge in [-0.15, -0.1) is 0 Å². The number of hydrogen-bond acceptors (Lipinski definition) is 2. The Balaban J connectivity index is 2.90. The van der Waals surface area contributed by atoms with Crippen LogP contribution in [0.2, 0.25) is 0 Å². The molecule has 0 saturated carbocycles. The van der Waals surface area contributed by atoms with E-state index in [0.717, 1.165) is 5.56 Å². The molecule has 0 fully saturated rings. The predicted octanol–water partition coefficient (Wildman–Crippen LogP) is 1.78. The molecule has 0 unspecified atom stereocenters. The maximum atomic E-state index is 13.5.